The Kier molecular flexibility index (Phi) is 4.72. The van der Waals surface area contributed by atoms with Crippen LogP contribution in [0.15, 0.2) is 52.9 Å². The molecule has 0 unspecified atom stereocenters. The number of benzene rings is 2. The third-order valence-electron chi connectivity index (χ3n) is 2.94. The molecule has 0 spiro atoms. The molecule has 3 rings (SSSR count). The Morgan fingerprint density at radius 1 is 1.21 bits per heavy atom. The third-order valence-corrected chi connectivity index (χ3v) is 3.24. The van der Waals surface area contributed by atoms with E-state index >= 15 is 0 Å². The van der Waals surface area contributed by atoms with Gasteiger partial charge in [0.1, 0.15) is 11.6 Å². The van der Waals surface area contributed by atoms with Crippen molar-refractivity contribution in [3.05, 3.63) is 59.4 Å². The SMILES string of the molecule is O=C(COc1ccc(F)cc1Cl)Nc1nnc(-c2ccccc2)o1. The molecule has 0 saturated heterocycles. The molecule has 122 valence electrons. The fraction of sp³-hybridized carbons (Fsp3) is 0.0625. The molecule has 0 atom stereocenters. The lowest BCUT2D eigenvalue weighted by Gasteiger charge is -2.06. The Morgan fingerprint density at radius 2 is 2.00 bits per heavy atom. The molecule has 0 fully saturated rings. The van der Waals surface area contributed by atoms with Crippen molar-refractivity contribution in [2.24, 2.45) is 0 Å². The first-order valence-electron chi connectivity index (χ1n) is 6.88. The van der Waals surface area contributed by atoms with Gasteiger partial charge in [-0.15, -0.1) is 5.10 Å². The highest BCUT2D eigenvalue weighted by molar-refractivity contribution is 6.32. The average Bonchev–Trinajstić information content (AvgIpc) is 3.03. The quantitative estimate of drug-likeness (QED) is 0.763. The van der Waals surface area contributed by atoms with Crippen LogP contribution in [0.2, 0.25) is 5.02 Å². The van der Waals surface area contributed by atoms with Gasteiger partial charge in [-0.3, -0.25) is 10.1 Å². The van der Waals surface area contributed by atoms with Crippen LogP contribution in [-0.4, -0.2) is 22.7 Å². The summed E-state index contributed by atoms with van der Waals surface area (Å²) in [6, 6.07) is 12.7. The minimum absolute atomic E-state index is 0.0485. The van der Waals surface area contributed by atoms with Gasteiger partial charge in [0.05, 0.1) is 5.02 Å². The first-order valence-corrected chi connectivity index (χ1v) is 7.26. The summed E-state index contributed by atoms with van der Waals surface area (Å²) in [6.07, 6.45) is 0. The van der Waals surface area contributed by atoms with Crippen LogP contribution in [-0.2, 0) is 4.79 Å². The predicted molar refractivity (Wildman–Crippen MR) is 85.3 cm³/mol. The van der Waals surface area contributed by atoms with Gasteiger partial charge in [0.15, 0.2) is 6.61 Å². The number of nitrogens with one attached hydrogen (secondary N) is 1. The molecule has 0 saturated carbocycles. The summed E-state index contributed by atoms with van der Waals surface area (Å²) in [4.78, 5) is 11.8. The number of anilines is 1. The smallest absolute Gasteiger partial charge is 0.322 e. The van der Waals surface area contributed by atoms with Gasteiger partial charge in [-0.25, -0.2) is 4.39 Å². The zero-order valence-corrected chi connectivity index (χ0v) is 13.0. The Bertz CT molecular complexity index is 855. The molecule has 1 N–H and O–H groups in total. The zero-order valence-electron chi connectivity index (χ0n) is 12.2. The summed E-state index contributed by atoms with van der Waals surface area (Å²) in [6.45, 7) is -0.339. The molecule has 0 aliphatic carbocycles. The van der Waals surface area contributed by atoms with Crippen LogP contribution in [0.5, 0.6) is 5.75 Å². The van der Waals surface area contributed by atoms with Crippen LogP contribution in [0, 0.1) is 5.82 Å². The molecule has 0 aliphatic heterocycles. The van der Waals surface area contributed by atoms with E-state index in [9.17, 15) is 9.18 Å². The maximum Gasteiger partial charge on any atom is 0.322 e. The summed E-state index contributed by atoms with van der Waals surface area (Å²) in [5.41, 5.74) is 0.736. The monoisotopic (exact) mass is 347 g/mol. The second-order valence-corrected chi connectivity index (χ2v) is 5.10. The number of rotatable bonds is 5. The normalized spacial score (nSPS) is 10.4. The molecule has 1 aromatic heterocycles. The molecule has 0 radical (unpaired) electrons. The van der Waals surface area contributed by atoms with Crippen molar-refractivity contribution in [2.45, 2.75) is 0 Å². The number of aromatic nitrogens is 2. The zero-order chi connectivity index (χ0) is 16.9. The molecule has 2 aromatic carbocycles. The number of carbonyl (C=O) groups excluding carboxylic acids is 1. The van der Waals surface area contributed by atoms with E-state index in [1.807, 2.05) is 18.2 Å². The molecular weight excluding hydrogens is 337 g/mol. The van der Waals surface area contributed by atoms with Crippen LogP contribution in [0.1, 0.15) is 0 Å². The molecule has 3 aromatic rings. The van der Waals surface area contributed by atoms with Crippen molar-refractivity contribution in [3.63, 3.8) is 0 Å². The lowest BCUT2D eigenvalue weighted by Crippen LogP contribution is -2.20. The lowest BCUT2D eigenvalue weighted by atomic mass is 10.2. The third kappa shape index (κ3) is 3.88. The van der Waals surface area contributed by atoms with Crippen molar-refractivity contribution in [3.8, 4) is 17.2 Å². The molecule has 1 heterocycles. The lowest BCUT2D eigenvalue weighted by molar-refractivity contribution is -0.118. The van der Waals surface area contributed by atoms with Gasteiger partial charge in [0, 0.05) is 5.56 Å². The molecule has 0 bridgehead atoms. The van der Waals surface area contributed by atoms with Gasteiger partial charge < -0.3 is 9.15 Å². The summed E-state index contributed by atoms with van der Waals surface area (Å²) in [7, 11) is 0. The molecule has 24 heavy (non-hydrogen) atoms. The van der Waals surface area contributed by atoms with E-state index in [-0.39, 0.29) is 29.3 Å². The number of ether oxygens (including phenoxy) is 1. The van der Waals surface area contributed by atoms with Crippen LogP contribution in [0.3, 0.4) is 0 Å². The average molecular weight is 348 g/mol. The van der Waals surface area contributed by atoms with Crippen LogP contribution >= 0.6 is 11.6 Å². The minimum atomic E-state index is -0.515. The van der Waals surface area contributed by atoms with Gasteiger partial charge in [-0.2, -0.15) is 0 Å². The molecule has 8 heteroatoms. The Labute approximate surface area is 141 Å². The van der Waals surface area contributed by atoms with Gasteiger partial charge in [-0.05, 0) is 30.3 Å². The maximum absolute atomic E-state index is 12.9. The Morgan fingerprint density at radius 3 is 2.75 bits per heavy atom. The molecule has 1 amide bonds. The highest BCUT2D eigenvalue weighted by Crippen LogP contribution is 2.25. The van der Waals surface area contributed by atoms with E-state index in [1.165, 1.54) is 12.1 Å². The largest absolute Gasteiger partial charge is 0.482 e. The summed E-state index contributed by atoms with van der Waals surface area (Å²) >= 11 is 5.81. The Balaban J connectivity index is 1.58. The summed E-state index contributed by atoms with van der Waals surface area (Å²) in [5, 5.41) is 10.1. The van der Waals surface area contributed by atoms with Crippen LogP contribution in [0.4, 0.5) is 10.4 Å². The molecular formula is C16H11ClFN3O3. The predicted octanol–water partition coefficient (Wildman–Crippen LogP) is 3.55. The topological polar surface area (TPSA) is 77.2 Å². The highest BCUT2D eigenvalue weighted by Gasteiger charge is 2.12. The number of amides is 1. The van der Waals surface area contributed by atoms with Gasteiger partial charge in [-0.1, -0.05) is 34.9 Å². The molecule has 6 nitrogen and oxygen atoms in total. The van der Waals surface area contributed by atoms with Crippen molar-refractivity contribution in [2.75, 3.05) is 11.9 Å². The number of hydrogen-bond acceptors (Lipinski definition) is 5. The van der Waals surface area contributed by atoms with Gasteiger partial charge in [0.25, 0.3) is 5.91 Å². The van der Waals surface area contributed by atoms with Crippen molar-refractivity contribution in [1.29, 1.82) is 0 Å². The van der Waals surface area contributed by atoms with E-state index in [0.29, 0.717) is 0 Å². The van der Waals surface area contributed by atoms with Gasteiger partial charge in [0.2, 0.25) is 5.89 Å². The van der Waals surface area contributed by atoms with Crippen molar-refractivity contribution < 1.29 is 18.3 Å². The molecule has 0 aliphatic rings. The summed E-state index contributed by atoms with van der Waals surface area (Å²) < 4.78 is 23.5. The second kappa shape index (κ2) is 7.10. The highest BCUT2D eigenvalue weighted by atomic mass is 35.5. The van der Waals surface area contributed by atoms with E-state index in [0.717, 1.165) is 11.6 Å². The number of carbonyl (C=O) groups is 1. The first-order chi connectivity index (χ1) is 11.6. The number of halogens is 2. The second-order valence-electron chi connectivity index (χ2n) is 4.69. The van der Waals surface area contributed by atoms with Crippen LogP contribution in [0.25, 0.3) is 11.5 Å². The summed E-state index contributed by atoms with van der Waals surface area (Å²) in [5.74, 6) is -0.521. The standard InChI is InChI=1S/C16H11ClFN3O3/c17-12-8-11(18)6-7-13(12)23-9-14(22)19-16-21-20-15(24-16)10-4-2-1-3-5-10/h1-8H,9H2,(H,19,21,22). The minimum Gasteiger partial charge on any atom is -0.482 e. The van der Waals surface area contributed by atoms with E-state index in [2.05, 4.69) is 15.5 Å². The van der Waals surface area contributed by atoms with E-state index in [1.54, 1.807) is 12.1 Å². The fourth-order valence-corrected chi connectivity index (χ4v) is 2.08. The van der Waals surface area contributed by atoms with Crippen molar-refractivity contribution in [1.82, 2.24) is 10.2 Å². The Hall–Kier alpha value is -2.93. The van der Waals surface area contributed by atoms with E-state index in [4.69, 9.17) is 20.8 Å². The fourth-order valence-electron chi connectivity index (χ4n) is 1.86. The van der Waals surface area contributed by atoms with Gasteiger partial charge >= 0.3 is 6.01 Å². The number of hydrogen-bond donors (Lipinski definition) is 1. The first kappa shape index (κ1) is 15.9. The van der Waals surface area contributed by atoms with Crippen LogP contribution < -0.4 is 10.1 Å². The van der Waals surface area contributed by atoms with Crippen molar-refractivity contribution >= 4 is 23.5 Å². The van der Waals surface area contributed by atoms with E-state index < -0.39 is 11.7 Å². The maximum atomic E-state index is 12.9. The number of nitrogens with zero attached hydrogens (tertiary/aromatic N) is 2.